The third kappa shape index (κ3) is 3.09. The number of aliphatic hydroxyl groups excluding tert-OH is 1. The summed E-state index contributed by atoms with van der Waals surface area (Å²) in [5.74, 6) is -3.28. The number of aliphatic hydroxyl groups is 1. The molecule has 1 aliphatic carbocycles. The van der Waals surface area contributed by atoms with E-state index in [9.17, 15) is 18.7 Å². The minimum atomic E-state index is -2.37. The average molecular weight is 371 g/mol. The second-order valence-electron chi connectivity index (χ2n) is 5.81. The number of fused-ring (bicyclic) bond motifs is 1. The van der Waals surface area contributed by atoms with Crippen LogP contribution in [0.1, 0.15) is 35.8 Å². The molecule has 0 unspecified atom stereocenters. The van der Waals surface area contributed by atoms with E-state index in [1.807, 2.05) is 0 Å². The maximum Gasteiger partial charge on any atom is 0.262 e. The summed E-state index contributed by atoms with van der Waals surface area (Å²) in [4.78, 5) is 16.4. The van der Waals surface area contributed by atoms with Gasteiger partial charge < -0.3 is 10.4 Å². The van der Waals surface area contributed by atoms with E-state index in [1.54, 1.807) is 0 Å². The van der Waals surface area contributed by atoms with E-state index < -0.39 is 34.3 Å². The fourth-order valence-corrected chi connectivity index (χ4v) is 3.10. The van der Waals surface area contributed by atoms with Gasteiger partial charge in [0.2, 0.25) is 5.67 Å². The summed E-state index contributed by atoms with van der Waals surface area (Å²) in [6, 6.07) is 4.97. The Balaban J connectivity index is 1.82. The van der Waals surface area contributed by atoms with Gasteiger partial charge in [0.1, 0.15) is 0 Å². The number of benzene rings is 1. The first-order valence-electron chi connectivity index (χ1n) is 7.57. The minimum absolute atomic E-state index is 0.00244. The van der Waals surface area contributed by atoms with Crippen LogP contribution in [-0.2, 0) is 17.0 Å². The van der Waals surface area contributed by atoms with Crippen LogP contribution in [0.2, 0.25) is 5.02 Å². The maximum atomic E-state index is 15.3. The molecule has 3 rings (SSSR count). The van der Waals surface area contributed by atoms with Crippen LogP contribution in [-0.4, -0.2) is 16.0 Å². The van der Waals surface area contributed by atoms with Crippen LogP contribution in [0, 0.1) is 11.6 Å². The first-order valence-corrected chi connectivity index (χ1v) is 7.95. The van der Waals surface area contributed by atoms with E-state index in [-0.39, 0.29) is 36.2 Å². The predicted molar refractivity (Wildman–Crippen MR) is 84.4 cm³/mol. The Morgan fingerprint density at radius 2 is 2.16 bits per heavy atom. The van der Waals surface area contributed by atoms with Gasteiger partial charge in [-0.05, 0) is 30.5 Å². The van der Waals surface area contributed by atoms with E-state index in [0.29, 0.717) is 0 Å². The number of rotatable bonds is 3. The third-order valence-corrected chi connectivity index (χ3v) is 4.67. The Bertz CT molecular complexity index is 834. The van der Waals surface area contributed by atoms with Crippen LogP contribution in [0.5, 0.6) is 0 Å². The van der Waals surface area contributed by atoms with E-state index in [4.69, 9.17) is 11.6 Å². The Hall–Kier alpha value is -2.12. The normalized spacial score (nSPS) is 22.4. The Labute approximate surface area is 146 Å². The van der Waals surface area contributed by atoms with Crippen LogP contribution in [0.15, 0.2) is 30.5 Å². The molecule has 25 heavy (non-hydrogen) atoms. The van der Waals surface area contributed by atoms with Crippen molar-refractivity contribution in [3.05, 3.63) is 63.9 Å². The van der Waals surface area contributed by atoms with Crippen molar-refractivity contribution in [3.8, 4) is 0 Å². The standard InChI is InChI=1S/C17H14ClF3N2O2/c18-13-9(3-4-11(19)14(13)20)8-23-16(25)17(21)6-5-12(24)15-10(17)2-1-7-22-15/h1-4,7,12,24H,5-6,8H2,(H,23,25)/t12-,17-/m0/s1. The molecular weight excluding hydrogens is 357 g/mol. The first kappa shape index (κ1) is 17.7. The molecule has 1 amide bonds. The number of halogens is 4. The van der Waals surface area contributed by atoms with E-state index in [0.717, 1.165) is 6.07 Å². The predicted octanol–water partition coefficient (Wildman–Crippen LogP) is 3.32. The van der Waals surface area contributed by atoms with Crippen LogP contribution >= 0.6 is 11.6 Å². The topological polar surface area (TPSA) is 62.2 Å². The quantitative estimate of drug-likeness (QED) is 0.815. The van der Waals surface area contributed by atoms with Gasteiger partial charge in [0.25, 0.3) is 5.91 Å². The number of alkyl halides is 1. The molecule has 1 aliphatic rings. The van der Waals surface area contributed by atoms with Gasteiger partial charge in [-0.1, -0.05) is 23.7 Å². The van der Waals surface area contributed by atoms with Crippen molar-refractivity contribution in [3.63, 3.8) is 0 Å². The maximum absolute atomic E-state index is 15.3. The van der Waals surface area contributed by atoms with Gasteiger partial charge in [0.15, 0.2) is 11.6 Å². The number of pyridine rings is 1. The zero-order valence-corrected chi connectivity index (χ0v) is 13.7. The smallest absolute Gasteiger partial charge is 0.262 e. The van der Waals surface area contributed by atoms with Gasteiger partial charge in [0, 0.05) is 18.3 Å². The molecule has 1 aromatic carbocycles. The summed E-state index contributed by atoms with van der Waals surface area (Å²) in [5.41, 5.74) is -2.12. The number of carbonyl (C=O) groups excluding carboxylic acids is 1. The highest BCUT2D eigenvalue weighted by atomic mass is 35.5. The zero-order chi connectivity index (χ0) is 18.2. The van der Waals surface area contributed by atoms with Crippen molar-refractivity contribution in [2.45, 2.75) is 31.2 Å². The molecule has 4 nitrogen and oxygen atoms in total. The second kappa shape index (κ2) is 6.65. The molecule has 1 heterocycles. The second-order valence-corrected chi connectivity index (χ2v) is 6.19. The summed E-state index contributed by atoms with van der Waals surface area (Å²) in [5, 5.41) is 11.8. The van der Waals surface area contributed by atoms with Gasteiger partial charge in [-0.2, -0.15) is 0 Å². The summed E-state index contributed by atoms with van der Waals surface area (Å²) in [6.07, 6.45) is 0.296. The van der Waals surface area contributed by atoms with Crippen LogP contribution in [0.25, 0.3) is 0 Å². The van der Waals surface area contributed by atoms with Crippen LogP contribution < -0.4 is 5.32 Å². The first-order chi connectivity index (χ1) is 11.8. The zero-order valence-electron chi connectivity index (χ0n) is 12.9. The van der Waals surface area contributed by atoms with Crippen molar-refractivity contribution < 1.29 is 23.1 Å². The van der Waals surface area contributed by atoms with E-state index in [2.05, 4.69) is 10.3 Å². The lowest BCUT2D eigenvalue weighted by molar-refractivity contribution is -0.135. The van der Waals surface area contributed by atoms with Gasteiger partial charge in [-0.25, -0.2) is 13.2 Å². The monoisotopic (exact) mass is 370 g/mol. The molecule has 1 aromatic heterocycles. The number of aromatic nitrogens is 1. The molecule has 0 aliphatic heterocycles. The molecule has 0 bridgehead atoms. The number of nitrogens with one attached hydrogen (secondary N) is 1. The Morgan fingerprint density at radius 1 is 1.40 bits per heavy atom. The van der Waals surface area contributed by atoms with Crippen LogP contribution in [0.3, 0.4) is 0 Å². The lowest BCUT2D eigenvalue weighted by atomic mass is 9.81. The fourth-order valence-electron chi connectivity index (χ4n) is 2.88. The number of amides is 1. The molecule has 0 radical (unpaired) electrons. The van der Waals surface area contributed by atoms with Gasteiger partial charge >= 0.3 is 0 Å². The molecule has 2 aromatic rings. The molecule has 2 atom stereocenters. The van der Waals surface area contributed by atoms with Crippen molar-refractivity contribution in [2.24, 2.45) is 0 Å². The molecule has 0 saturated heterocycles. The Morgan fingerprint density at radius 3 is 2.92 bits per heavy atom. The molecule has 0 fully saturated rings. The van der Waals surface area contributed by atoms with Gasteiger partial charge in [0.05, 0.1) is 16.8 Å². The van der Waals surface area contributed by atoms with Crippen molar-refractivity contribution in [1.29, 1.82) is 0 Å². The highest BCUT2D eigenvalue weighted by Crippen LogP contribution is 2.42. The lowest BCUT2D eigenvalue weighted by Gasteiger charge is -2.32. The van der Waals surface area contributed by atoms with Crippen molar-refractivity contribution >= 4 is 17.5 Å². The van der Waals surface area contributed by atoms with Gasteiger partial charge in [-0.3, -0.25) is 9.78 Å². The van der Waals surface area contributed by atoms with Crippen LogP contribution in [0.4, 0.5) is 13.2 Å². The minimum Gasteiger partial charge on any atom is -0.387 e. The van der Waals surface area contributed by atoms with E-state index >= 15 is 4.39 Å². The van der Waals surface area contributed by atoms with E-state index in [1.165, 1.54) is 24.4 Å². The number of hydrogen-bond donors (Lipinski definition) is 2. The van der Waals surface area contributed by atoms with Gasteiger partial charge in [-0.15, -0.1) is 0 Å². The average Bonchev–Trinajstić information content (AvgIpc) is 2.62. The molecule has 0 spiro atoms. The fraction of sp³-hybridized carbons (Fsp3) is 0.294. The summed E-state index contributed by atoms with van der Waals surface area (Å²) in [6.45, 7) is -0.265. The number of carbonyl (C=O) groups is 1. The highest BCUT2D eigenvalue weighted by Gasteiger charge is 2.46. The molecule has 132 valence electrons. The third-order valence-electron chi connectivity index (χ3n) is 4.26. The SMILES string of the molecule is O=C(NCc1ccc(F)c(F)c1Cl)[C@]1(F)CC[C@H](O)c2ncccc21. The Kier molecular flexibility index (Phi) is 4.71. The summed E-state index contributed by atoms with van der Waals surface area (Å²) in [7, 11) is 0. The number of nitrogens with zero attached hydrogens (tertiary/aromatic N) is 1. The van der Waals surface area contributed by atoms with Crippen molar-refractivity contribution in [2.75, 3.05) is 0 Å². The summed E-state index contributed by atoms with van der Waals surface area (Å²) < 4.78 is 41.9. The lowest BCUT2D eigenvalue weighted by Crippen LogP contribution is -2.44. The van der Waals surface area contributed by atoms with Crippen molar-refractivity contribution in [1.82, 2.24) is 10.3 Å². The molecule has 2 N–H and O–H groups in total. The molecule has 8 heteroatoms. The largest absolute Gasteiger partial charge is 0.387 e. The highest BCUT2D eigenvalue weighted by molar-refractivity contribution is 6.31. The molecule has 0 saturated carbocycles. The summed E-state index contributed by atoms with van der Waals surface area (Å²) >= 11 is 5.70. The number of hydrogen-bond acceptors (Lipinski definition) is 3. The molecular formula is C17H14ClF3N2O2.